The highest BCUT2D eigenvalue weighted by Crippen LogP contribution is 2.20. The molecule has 0 atom stereocenters. The van der Waals surface area contributed by atoms with Gasteiger partial charge >= 0.3 is 0 Å². The number of amides is 1. The van der Waals surface area contributed by atoms with E-state index < -0.39 is 0 Å². The number of benzene rings is 1. The zero-order valence-electron chi connectivity index (χ0n) is 15.6. The second-order valence-corrected chi connectivity index (χ2v) is 7.18. The van der Waals surface area contributed by atoms with Gasteiger partial charge in [-0.05, 0) is 24.6 Å². The molecular weight excluding hydrogens is 388 g/mol. The predicted octanol–water partition coefficient (Wildman–Crippen LogP) is 3.50. The number of thiazole rings is 1. The number of carbonyl (C=O) groups excluding carboxylic acids is 1. The molecule has 0 radical (unpaired) electrons. The van der Waals surface area contributed by atoms with Gasteiger partial charge in [0.25, 0.3) is 0 Å². The van der Waals surface area contributed by atoms with Gasteiger partial charge in [-0.15, -0.1) is 11.3 Å². The van der Waals surface area contributed by atoms with Crippen molar-refractivity contribution < 1.29 is 9.32 Å². The van der Waals surface area contributed by atoms with Gasteiger partial charge in [0.05, 0.1) is 18.7 Å². The molecule has 9 heteroatoms. The van der Waals surface area contributed by atoms with Crippen molar-refractivity contribution in [2.75, 3.05) is 5.32 Å². The van der Waals surface area contributed by atoms with E-state index in [2.05, 4.69) is 30.7 Å². The first-order valence-electron chi connectivity index (χ1n) is 8.94. The Hall–Kier alpha value is -3.59. The van der Waals surface area contributed by atoms with Gasteiger partial charge in [0.1, 0.15) is 5.82 Å². The van der Waals surface area contributed by atoms with Crippen molar-refractivity contribution in [3.8, 4) is 11.4 Å². The predicted molar refractivity (Wildman–Crippen MR) is 110 cm³/mol. The molecule has 146 valence electrons. The van der Waals surface area contributed by atoms with Crippen molar-refractivity contribution >= 4 is 28.2 Å². The molecule has 0 saturated carbocycles. The summed E-state index contributed by atoms with van der Waals surface area (Å²) in [4.78, 5) is 25.2. The Morgan fingerprint density at radius 3 is 2.86 bits per heavy atom. The molecule has 8 nitrogen and oxygen atoms in total. The summed E-state index contributed by atoms with van der Waals surface area (Å²) in [6, 6.07) is 13.4. The molecule has 0 spiro atoms. The first-order chi connectivity index (χ1) is 14.2. The van der Waals surface area contributed by atoms with Crippen LogP contribution in [0.25, 0.3) is 11.4 Å². The van der Waals surface area contributed by atoms with E-state index in [4.69, 9.17) is 4.52 Å². The summed E-state index contributed by atoms with van der Waals surface area (Å²) in [5.41, 5.74) is 2.65. The quantitative estimate of drug-likeness (QED) is 0.484. The largest absolute Gasteiger partial charge is 0.347 e. The number of hydrogen-bond donors (Lipinski definition) is 2. The first-order valence-corrected chi connectivity index (χ1v) is 9.82. The Morgan fingerprint density at radius 1 is 1.17 bits per heavy atom. The summed E-state index contributed by atoms with van der Waals surface area (Å²) in [6.07, 6.45) is 1.90. The average Bonchev–Trinajstić information content (AvgIpc) is 3.37. The Morgan fingerprint density at radius 2 is 2.03 bits per heavy atom. The minimum Gasteiger partial charge on any atom is -0.347 e. The summed E-state index contributed by atoms with van der Waals surface area (Å²) < 4.78 is 5.19. The SMILES string of the molecule is Cc1ccnc(Nc2nc(CC(=O)NCc3nc(-c4ccccc4)no3)cs2)c1. The molecule has 0 unspecified atom stereocenters. The van der Waals surface area contributed by atoms with Gasteiger partial charge in [0.2, 0.25) is 17.6 Å². The standard InChI is InChI=1S/C20H18N6O2S/c1-13-7-8-21-16(9-13)24-20-23-15(12-29-20)10-17(27)22-11-18-25-19(26-28-18)14-5-3-2-4-6-14/h2-9,12H,10-11H2,1H3,(H,22,27)(H,21,23,24). The number of hydrogen-bond acceptors (Lipinski definition) is 8. The molecular formula is C20H18N6O2S. The molecule has 0 aliphatic rings. The maximum Gasteiger partial charge on any atom is 0.246 e. The van der Waals surface area contributed by atoms with Gasteiger partial charge in [-0.3, -0.25) is 4.79 Å². The topological polar surface area (TPSA) is 106 Å². The van der Waals surface area contributed by atoms with E-state index in [9.17, 15) is 4.79 Å². The molecule has 0 fully saturated rings. The maximum absolute atomic E-state index is 12.2. The van der Waals surface area contributed by atoms with E-state index in [1.165, 1.54) is 11.3 Å². The smallest absolute Gasteiger partial charge is 0.246 e. The van der Waals surface area contributed by atoms with Crippen LogP contribution in [0.5, 0.6) is 0 Å². The molecule has 0 aliphatic carbocycles. The van der Waals surface area contributed by atoms with E-state index in [-0.39, 0.29) is 18.9 Å². The Balaban J connectivity index is 1.29. The molecule has 2 N–H and O–H groups in total. The van der Waals surface area contributed by atoms with Gasteiger partial charge in [0.15, 0.2) is 5.13 Å². The summed E-state index contributed by atoms with van der Waals surface area (Å²) >= 11 is 1.42. The summed E-state index contributed by atoms with van der Waals surface area (Å²) in [5, 5.41) is 12.4. The number of nitrogens with one attached hydrogen (secondary N) is 2. The number of pyridine rings is 1. The highest BCUT2D eigenvalue weighted by atomic mass is 32.1. The molecule has 3 heterocycles. The van der Waals surface area contributed by atoms with Gasteiger partial charge in [-0.2, -0.15) is 4.98 Å². The van der Waals surface area contributed by atoms with Gasteiger partial charge < -0.3 is 15.2 Å². The van der Waals surface area contributed by atoms with Crippen LogP contribution in [0.4, 0.5) is 10.9 Å². The summed E-state index contributed by atoms with van der Waals surface area (Å²) in [6.45, 7) is 2.16. The highest BCUT2D eigenvalue weighted by Gasteiger charge is 2.12. The molecule has 29 heavy (non-hydrogen) atoms. The third-order valence-electron chi connectivity index (χ3n) is 3.98. The third-order valence-corrected chi connectivity index (χ3v) is 4.79. The molecule has 4 rings (SSSR count). The lowest BCUT2D eigenvalue weighted by molar-refractivity contribution is -0.120. The van der Waals surface area contributed by atoms with Crippen molar-refractivity contribution in [1.29, 1.82) is 0 Å². The number of aromatic nitrogens is 4. The molecule has 0 aliphatic heterocycles. The lowest BCUT2D eigenvalue weighted by Crippen LogP contribution is -2.24. The first kappa shape index (κ1) is 18.8. The van der Waals surface area contributed by atoms with Crippen molar-refractivity contribution in [2.24, 2.45) is 0 Å². The molecule has 1 aromatic carbocycles. The molecule has 4 aromatic rings. The third kappa shape index (κ3) is 5.02. The van der Waals surface area contributed by atoms with Gasteiger partial charge in [0, 0.05) is 17.1 Å². The van der Waals surface area contributed by atoms with Crippen LogP contribution >= 0.6 is 11.3 Å². The van der Waals surface area contributed by atoms with Gasteiger partial charge in [-0.1, -0.05) is 35.5 Å². The fraction of sp³-hybridized carbons (Fsp3) is 0.150. The van der Waals surface area contributed by atoms with Gasteiger partial charge in [-0.25, -0.2) is 9.97 Å². The van der Waals surface area contributed by atoms with Crippen LogP contribution in [-0.4, -0.2) is 26.0 Å². The maximum atomic E-state index is 12.2. The molecule has 3 aromatic heterocycles. The van der Waals surface area contributed by atoms with Crippen LogP contribution in [0.15, 0.2) is 58.6 Å². The van der Waals surface area contributed by atoms with Crippen molar-refractivity contribution in [2.45, 2.75) is 19.9 Å². The van der Waals surface area contributed by atoms with E-state index in [0.717, 1.165) is 16.9 Å². The van der Waals surface area contributed by atoms with Crippen LogP contribution in [-0.2, 0) is 17.8 Å². The van der Waals surface area contributed by atoms with E-state index in [0.29, 0.717) is 22.5 Å². The van der Waals surface area contributed by atoms with Crippen molar-refractivity contribution in [3.63, 3.8) is 0 Å². The Labute approximate surface area is 171 Å². The fourth-order valence-corrected chi connectivity index (χ4v) is 3.31. The molecule has 0 saturated heterocycles. The van der Waals surface area contributed by atoms with Crippen LogP contribution in [0.3, 0.4) is 0 Å². The monoisotopic (exact) mass is 406 g/mol. The Bertz CT molecular complexity index is 1110. The average molecular weight is 406 g/mol. The lowest BCUT2D eigenvalue weighted by Gasteiger charge is -2.02. The second-order valence-electron chi connectivity index (χ2n) is 6.32. The zero-order valence-corrected chi connectivity index (χ0v) is 16.4. The van der Waals surface area contributed by atoms with Crippen LogP contribution < -0.4 is 10.6 Å². The number of aryl methyl sites for hydroxylation is 1. The summed E-state index contributed by atoms with van der Waals surface area (Å²) in [7, 11) is 0. The van der Waals surface area contributed by atoms with Crippen LogP contribution in [0, 0.1) is 6.92 Å². The minimum atomic E-state index is -0.171. The number of nitrogens with zero attached hydrogens (tertiary/aromatic N) is 4. The second kappa shape index (κ2) is 8.61. The zero-order chi connectivity index (χ0) is 20.1. The molecule has 1 amide bonds. The van der Waals surface area contributed by atoms with Crippen molar-refractivity contribution in [1.82, 2.24) is 25.4 Å². The normalized spacial score (nSPS) is 10.7. The van der Waals surface area contributed by atoms with Crippen LogP contribution in [0.1, 0.15) is 17.1 Å². The number of rotatable bonds is 7. The van der Waals surface area contributed by atoms with E-state index in [1.807, 2.05) is 54.8 Å². The fourth-order valence-electron chi connectivity index (χ4n) is 2.59. The van der Waals surface area contributed by atoms with E-state index in [1.54, 1.807) is 6.20 Å². The highest BCUT2D eigenvalue weighted by molar-refractivity contribution is 7.13. The Kier molecular flexibility index (Phi) is 5.57. The summed E-state index contributed by atoms with van der Waals surface area (Å²) in [5.74, 6) is 1.40. The number of carbonyl (C=O) groups is 1. The minimum absolute atomic E-state index is 0.166. The van der Waals surface area contributed by atoms with Crippen molar-refractivity contribution in [3.05, 3.63) is 71.2 Å². The molecule has 0 bridgehead atoms. The number of anilines is 2. The van der Waals surface area contributed by atoms with E-state index >= 15 is 0 Å². The van der Waals surface area contributed by atoms with Crippen LogP contribution in [0.2, 0.25) is 0 Å². The lowest BCUT2D eigenvalue weighted by atomic mass is 10.2.